The fraction of sp³-hybridized carbons (Fsp3) is 0.500. The number of rotatable bonds is 9. The fourth-order valence-electron chi connectivity index (χ4n) is 1.86. The number of carboxylic acids is 1. The van der Waals surface area contributed by atoms with Gasteiger partial charge in [-0.3, -0.25) is 4.79 Å². The lowest BCUT2D eigenvalue weighted by molar-refractivity contribution is -0.139. The van der Waals surface area contributed by atoms with Crippen molar-refractivity contribution in [3.05, 3.63) is 34.9 Å². The molecule has 1 aromatic carbocycles. The first-order chi connectivity index (χ1) is 9.84. The fourth-order valence-corrected chi connectivity index (χ4v) is 3.35. The van der Waals surface area contributed by atoms with Gasteiger partial charge in [0.1, 0.15) is 6.04 Å². The number of carboxylic acid groups (broad SMARTS) is 1. The maximum absolute atomic E-state index is 12.0. The summed E-state index contributed by atoms with van der Waals surface area (Å²) in [7, 11) is -3.64. The highest BCUT2D eigenvalue weighted by Crippen LogP contribution is 2.12. The second kappa shape index (κ2) is 8.36. The zero-order chi connectivity index (χ0) is 15.9. The van der Waals surface area contributed by atoms with E-state index in [0.717, 1.165) is 12.0 Å². The van der Waals surface area contributed by atoms with Crippen LogP contribution in [0.1, 0.15) is 31.7 Å². The zero-order valence-electron chi connectivity index (χ0n) is 11.9. The van der Waals surface area contributed by atoms with Gasteiger partial charge in [-0.05, 0) is 30.5 Å². The summed E-state index contributed by atoms with van der Waals surface area (Å²) >= 11 is 5.84. The van der Waals surface area contributed by atoms with Gasteiger partial charge < -0.3 is 5.11 Å². The molecule has 7 heteroatoms. The average molecular weight is 334 g/mol. The Morgan fingerprint density at radius 2 is 2.14 bits per heavy atom. The number of aliphatic carboxylic acids is 1. The van der Waals surface area contributed by atoms with Gasteiger partial charge >= 0.3 is 5.97 Å². The number of halogens is 1. The lowest BCUT2D eigenvalue weighted by atomic mass is 10.1. The van der Waals surface area contributed by atoms with E-state index in [9.17, 15) is 13.2 Å². The molecular formula is C14H20ClNO4S. The van der Waals surface area contributed by atoms with Gasteiger partial charge in [0.05, 0.1) is 5.75 Å². The SMILES string of the molecule is CCCCC(NS(=O)(=O)CCc1cccc(Cl)c1)C(=O)O. The highest BCUT2D eigenvalue weighted by Gasteiger charge is 2.23. The first-order valence-corrected chi connectivity index (χ1v) is 8.84. The van der Waals surface area contributed by atoms with Crippen molar-refractivity contribution in [1.82, 2.24) is 4.72 Å². The van der Waals surface area contributed by atoms with E-state index in [0.29, 0.717) is 17.9 Å². The van der Waals surface area contributed by atoms with Crippen molar-refractivity contribution in [3.63, 3.8) is 0 Å². The van der Waals surface area contributed by atoms with Crippen LogP contribution in [0.15, 0.2) is 24.3 Å². The average Bonchev–Trinajstić information content (AvgIpc) is 2.41. The monoisotopic (exact) mass is 333 g/mol. The van der Waals surface area contributed by atoms with Crippen molar-refractivity contribution in [2.75, 3.05) is 5.75 Å². The van der Waals surface area contributed by atoms with Crippen molar-refractivity contribution in [3.8, 4) is 0 Å². The smallest absolute Gasteiger partial charge is 0.321 e. The Balaban J connectivity index is 2.61. The third-order valence-corrected chi connectivity index (χ3v) is 4.64. The summed E-state index contributed by atoms with van der Waals surface area (Å²) < 4.78 is 26.2. The van der Waals surface area contributed by atoms with Crippen molar-refractivity contribution in [2.24, 2.45) is 0 Å². The molecule has 0 saturated carbocycles. The number of benzene rings is 1. The molecule has 0 radical (unpaired) electrons. The van der Waals surface area contributed by atoms with E-state index < -0.39 is 22.0 Å². The van der Waals surface area contributed by atoms with E-state index in [4.69, 9.17) is 16.7 Å². The minimum atomic E-state index is -3.64. The quantitative estimate of drug-likeness (QED) is 0.727. The molecule has 0 saturated heterocycles. The van der Waals surface area contributed by atoms with E-state index in [1.807, 2.05) is 6.92 Å². The Morgan fingerprint density at radius 1 is 1.43 bits per heavy atom. The lowest BCUT2D eigenvalue weighted by Crippen LogP contribution is -2.42. The van der Waals surface area contributed by atoms with Gasteiger partial charge in [-0.1, -0.05) is 43.5 Å². The first kappa shape index (κ1) is 17.9. The molecule has 5 nitrogen and oxygen atoms in total. The van der Waals surface area contributed by atoms with Crippen LogP contribution < -0.4 is 4.72 Å². The van der Waals surface area contributed by atoms with Crippen LogP contribution in [0.4, 0.5) is 0 Å². The first-order valence-electron chi connectivity index (χ1n) is 6.81. The van der Waals surface area contributed by atoms with Crippen molar-refractivity contribution >= 4 is 27.6 Å². The summed E-state index contributed by atoms with van der Waals surface area (Å²) in [4.78, 5) is 11.1. The Hall–Kier alpha value is -1.11. The van der Waals surface area contributed by atoms with E-state index in [1.165, 1.54) is 0 Å². The number of aryl methyl sites for hydroxylation is 1. The maximum Gasteiger partial charge on any atom is 0.321 e. The number of unbranched alkanes of at least 4 members (excludes halogenated alkanes) is 1. The Bertz CT molecular complexity index is 574. The van der Waals surface area contributed by atoms with Gasteiger partial charge in [-0.15, -0.1) is 0 Å². The van der Waals surface area contributed by atoms with Crippen LogP contribution in [0.2, 0.25) is 5.02 Å². The maximum atomic E-state index is 12.0. The van der Waals surface area contributed by atoms with Gasteiger partial charge in [0.2, 0.25) is 10.0 Å². The van der Waals surface area contributed by atoms with E-state index in [2.05, 4.69) is 4.72 Å². The van der Waals surface area contributed by atoms with Crippen LogP contribution in [-0.4, -0.2) is 31.3 Å². The molecule has 1 aromatic rings. The molecule has 0 aliphatic rings. The van der Waals surface area contributed by atoms with Gasteiger partial charge in [-0.25, -0.2) is 13.1 Å². The highest BCUT2D eigenvalue weighted by molar-refractivity contribution is 7.89. The standard InChI is InChI=1S/C14H20ClNO4S/c1-2-3-7-13(14(17)18)16-21(19,20)9-8-11-5-4-6-12(15)10-11/h4-6,10,13,16H,2-3,7-9H2,1H3,(H,17,18). The van der Waals surface area contributed by atoms with E-state index in [1.54, 1.807) is 24.3 Å². The minimum absolute atomic E-state index is 0.163. The van der Waals surface area contributed by atoms with Crippen LogP contribution in [0.5, 0.6) is 0 Å². The summed E-state index contributed by atoms with van der Waals surface area (Å²) in [5.41, 5.74) is 0.799. The Kier molecular flexibility index (Phi) is 7.14. The second-order valence-electron chi connectivity index (χ2n) is 4.85. The molecule has 0 aliphatic heterocycles. The summed E-state index contributed by atoms with van der Waals surface area (Å²) in [6.45, 7) is 1.92. The molecule has 1 atom stereocenters. The highest BCUT2D eigenvalue weighted by atomic mass is 35.5. The molecule has 0 amide bonds. The van der Waals surface area contributed by atoms with Crippen molar-refractivity contribution < 1.29 is 18.3 Å². The van der Waals surface area contributed by atoms with Gasteiger partial charge in [0.25, 0.3) is 0 Å². The Morgan fingerprint density at radius 3 is 2.71 bits per heavy atom. The Labute approximate surface area is 130 Å². The number of sulfonamides is 1. The minimum Gasteiger partial charge on any atom is -0.480 e. The molecule has 1 rings (SSSR count). The molecule has 0 spiro atoms. The van der Waals surface area contributed by atoms with Gasteiger partial charge in [0.15, 0.2) is 0 Å². The van der Waals surface area contributed by atoms with Crippen LogP contribution in [0.25, 0.3) is 0 Å². The number of hydrogen-bond acceptors (Lipinski definition) is 3. The van der Waals surface area contributed by atoms with Crippen LogP contribution in [0, 0.1) is 0 Å². The lowest BCUT2D eigenvalue weighted by Gasteiger charge is -2.14. The van der Waals surface area contributed by atoms with Crippen molar-refractivity contribution in [1.29, 1.82) is 0 Å². The van der Waals surface area contributed by atoms with E-state index >= 15 is 0 Å². The summed E-state index contributed by atoms with van der Waals surface area (Å²) in [6, 6.07) is 5.88. The summed E-state index contributed by atoms with van der Waals surface area (Å²) in [6.07, 6.45) is 2.06. The van der Waals surface area contributed by atoms with Gasteiger partial charge in [-0.2, -0.15) is 0 Å². The molecule has 0 fully saturated rings. The molecular weight excluding hydrogens is 314 g/mol. The summed E-state index contributed by atoms with van der Waals surface area (Å²) in [5.74, 6) is -1.31. The number of carbonyl (C=O) groups is 1. The molecule has 0 heterocycles. The molecule has 0 bridgehead atoms. The normalized spacial score (nSPS) is 13.0. The second-order valence-corrected chi connectivity index (χ2v) is 7.16. The number of hydrogen-bond donors (Lipinski definition) is 2. The third-order valence-electron chi connectivity index (χ3n) is 3.01. The third kappa shape index (κ3) is 6.93. The van der Waals surface area contributed by atoms with Crippen LogP contribution >= 0.6 is 11.6 Å². The van der Waals surface area contributed by atoms with E-state index in [-0.39, 0.29) is 12.2 Å². The molecule has 118 valence electrons. The topological polar surface area (TPSA) is 83.5 Å². The predicted octanol–water partition coefficient (Wildman–Crippen LogP) is 2.45. The van der Waals surface area contributed by atoms with Gasteiger partial charge in [0, 0.05) is 5.02 Å². The molecule has 1 unspecified atom stereocenters. The molecule has 0 aliphatic carbocycles. The van der Waals surface area contributed by atoms with Crippen molar-refractivity contribution in [2.45, 2.75) is 38.6 Å². The van der Waals surface area contributed by atoms with Crippen LogP contribution in [0.3, 0.4) is 0 Å². The number of nitrogens with one attached hydrogen (secondary N) is 1. The van der Waals surface area contributed by atoms with Crippen LogP contribution in [-0.2, 0) is 21.2 Å². The molecule has 21 heavy (non-hydrogen) atoms. The summed E-state index contributed by atoms with van der Waals surface area (Å²) in [5, 5.41) is 9.59. The molecule has 2 N–H and O–H groups in total. The predicted molar refractivity (Wildman–Crippen MR) is 83.0 cm³/mol. The zero-order valence-corrected chi connectivity index (χ0v) is 13.5. The largest absolute Gasteiger partial charge is 0.480 e. The molecule has 0 aromatic heterocycles.